The Balaban J connectivity index is 1.78. The molecule has 0 unspecified atom stereocenters. The van der Waals surface area contributed by atoms with Crippen LogP contribution >= 0.6 is 0 Å². The largest absolute Gasteiger partial charge is 0.497 e. The Kier molecular flexibility index (Phi) is 5.64. The van der Waals surface area contributed by atoms with E-state index in [1.54, 1.807) is 37.3 Å². The van der Waals surface area contributed by atoms with E-state index < -0.39 is 0 Å². The van der Waals surface area contributed by atoms with Gasteiger partial charge in [-0.1, -0.05) is 6.07 Å². The van der Waals surface area contributed by atoms with Crippen molar-refractivity contribution in [3.63, 3.8) is 0 Å². The van der Waals surface area contributed by atoms with Crippen LogP contribution in [0.15, 0.2) is 42.5 Å². The number of hydrogen-bond donors (Lipinski definition) is 1. The first-order valence-electron chi connectivity index (χ1n) is 8.96. The van der Waals surface area contributed by atoms with Crippen LogP contribution in [0.5, 0.6) is 11.5 Å². The summed E-state index contributed by atoms with van der Waals surface area (Å²) in [5.41, 5.74) is 2.11. The second-order valence-electron chi connectivity index (χ2n) is 6.50. The number of rotatable bonds is 6. The Bertz CT molecular complexity index is 850. The number of amides is 2. The molecule has 1 saturated heterocycles. The molecule has 0 aromatic heterocycles. The number of ether oxygens (including phenoxy) is 2. The summed E-state index contributed by atoms with van der Waals surface area (Å²) in [6, 6.07) is 12.4. The smallest absolute Gasteiger partial charge is 0.251 e. The molecule has 1 atom stereocenters. The Hall–Kier alpha value is -3.02. The molecule has 1 aliphatic rings. The maximum absolute atomic E-state index is 12.7. The van der Waals surface area contributed by atoms with Crippen LogP contribution in [0.25, 0.3) is 0 Å². The summed E-state index contributed by atoms with van der Waals surface area (Å²) in [5, 5.41) is 2.99. The van der Waals surface area contributed by atoms with Gasteiger partial charge in [0.2, 0.25) is 5.91 Å². The van der Waals surface area contributed by atoms with Crippen LogP contribution in [-0.4, -0.2) is 32.6 Å². The minimum atomic E-state index is -0.278. The van der Waals surface area contributed by atoms with E-state index in [1.165, 1.54) is 0 Å². The maximum atomic E-state index is 12.7. The molecule has 1 fully saturated rings. The van der Waals surface area contributed by atoms with Gasteiger partial charge in [-0.15, -0.1) is 0 Å². The lowest BCUT2D eigenvalue weighted by Crippen LogP contribution is -2.28. The van der Waals surface area contributed by atoms with Gasteiger partial charge in [0.15, 0.2) is 0 Å². The van der Waals surface area contributed by atoms with Crippen molar-refractivity contribution in [3.8, 4) is 11.5 Å². The highest BCUT2D eigenvalue weighted by atomic mass is 16.5. The second-order valence-corrected chi connectivity index (χ2v) is 6.50. The van der Waals surface area contributed by atoms with E-state index in [0.717, 1.165) is 17.7 Å². The van der Waals surface area contributed by atoms with Gasteiger partial charge in [0.1, 0.15) is 11.5 Å². The van der Waals surface area contributed by atoms with E-state index >= 15 is 0 Å². The average Bonchev–Trinajstić information content (AvgIpc) is 3.13. The first kappa shape index (κ1) is 18.8. The third kappa shape index (κ3) is 4.05. The molecule has 0 radical (unpaired) electrons. The standard InChI is InChI=1S/C21H24N2O4/c1-14(18-13-17(26-2)9-10-19(18)27-3)22-21(25)15-6-4-7-16(12-15)23-11-5-8-20(23)24/h4,6-7,9-10,12-14H,5,8,11H2,1-3H3,(H,22,25)/t14-/m1/s1. The summed E-state index contributed by atoms with van der Waals surface area (Å²) in [6.07, 6.45) is 1.41. The van der Waals surface area contributed by atoms with Crippen LogP contribution in [-0.2, 0) is 4.79 Å². The minimum absolute atomic E-state index is 0.0991. The molecule has 0 saturated carbocycles. The number of benzene rings is 2. The highest BCUT2D eigenvalue weighted by Crippen LogP contribution is 2.29. The van der Waals surface area contributed by atoms with Crippen molar-refractivity contribution in [2.45, 2.75) is 25.8 Å². The van der Waals surface area contributed by atoms with Gasteiger partial charge in [0, 0.05) is 29.8 Å². The fourth-order valence-corrected chi connectivity index (χ4v) is 3.27. The highest BCUT2D eigenvalue weighted by molar-refractivity contribution is 5.99. The number of nitrogens with zero attached hydrogens (tertiary/aromatic N) is 1. The van der Waals surface area contributed by atoms with Crippen LogP contribution in [0, 0.1) is 0 Å². The Morgan fingerprint density at radius 1 is 1.15 bits per heavy atom. The third-order valence-corrected chi connectivity index (χ3v) is 4.74. The molecule has 2 aromatic carbocycles. The number of hydrogen-bond acceptors (Lipinski definition) is 4. The van der Waals surface area contributed by atoms with Crippen LogP contribution < -0.4 is 19.7 Å². The number of carbonyl (C=O) groups is 2. The lowest BCUT2D eigenvalue weighted by molar-refractivity contribution is -0.117. The van der Waals surface area contributed by atoms with Crippen molar-refractivity contribution in [1.29, 1.82) is 0 Å². The average molecular weight is 368 g/mol. The van der Waals surface area contributed by atoms with E-state index in [9.17, 15) is 9.59 Å². The molecule has 2 amide bonds. The van der Waals surface area contributed by atoms with Gasteiger partial charge in [-0.2, -0.15) is 0 Å². The van der Waals surface area contributed by atoms with E-state index in [2.05, 4.69) is 5.32 Å². The number of nitrogens with one attached hydrogen (secondary N) is 1. The van der Waals surface area contributed by atoms with Crippen molar-refractivity contribution in [1.82, 2.24) is 5.32 Å². The fourth-order valence-electron chi connectivity index (χ4n) is 3.27. The van der Waals surface area contributed by atoms with Crippen LogP contribution in [0.2, 0.25) is 0 Å². The van der Waals surface area contributed by atoms with Gasteiger partial charge in [-0.05, 0) is 49.7 Å². The molecule has 0 bridgehead atoms. The van der Waals surface area contributed by atoms with Crippen molar-refractivity contribution in [2.75, 3.05) is 25.7 Å². The quantitative estimate of drug-likeness (QED) is 0.849. The summed E-state index contributed by atoms with van der Waals surface area (Å²) in [5.74, 6) is 1.27. The maximum Gasteiger partial charge on any atom is 0.251 e. The van der Waals surface area contributed by atoms with Gasteiger partial charge in [0.05, 0.1) is 20.3 Å². The minimum Gasteiger partial charge on any atom is -0.497 e. The van der Waals surface area contributed by atoms with Crippen molar-refractivity contribution in [2.24, 2.45) is 0 Å². The zero-order chi connectivity index (χ0) is 19.4. The Morgan fingerprint density at radius 2 is 1.96 bits per heavy atom. The SMILES string of the molecule is COc1ccc(OC)c([C@@H](C)NC(=O)c2cccc(N3CCCC3=O)c2)c1. The first-order valence-corrected chi connectivity index (χ1v) is 8.96. The van der Waals surface area contributed by atoms with E-state index in [4.69, 9.17) is 9.47 Å². The molecule has 6 nitrogen and oxygen atoms in total. The molecular weight excluding hydrogens is 344 g/mol. The zero-order valence-electron chi connectivity index (χ0n) is 15.8. The molecule has 1 aliphatic heterocycles. The molecule has 3 rings (SSSR count). The van der Waals surface area contributed by atoms with Crippen LogP contribution in [0.4, 0.5) is 5.69 Å². The summed E-state index contributed by atoms with van der Waals surface area (Å²) in [4.78, 5) is 26.4. The fraction of sp³-hybridized carbons (Fsp3) is 0.333. The summed E-state index contributed by atoms with van der Waals surface area (Å²) in [7, 11) is 3.19. The van der Waals surface area contributed by atoms with Crippen LogP contribution in [0.3, 0.4) is 0 Å². The number of anilines is 1. The number of carbonyl (C=O) groups excluding carboxylic acids is 2. The normalized spacial score (nSPS) is 14.8. The zero-order valence-corrected chi connectivity index (χ0v) is 15.8. The van der Waals surface area contributed by atoms with Crippen molar-refractivity contribution in [3.05, 3.63) is 53.6 Å². The predicted molar refractivity (Wildman–Crippen MR) is 103 cm³/mol. The summed E-state index contributed by atoms with van der Waals surface area (Å²) < 4.78 is 10.7. The summed E-state index contributed by atoms with van der Waals surface area (Å²) >= 11 is 0. The molecular formula is C21H24N2O4. The highest BCUT2D eigenvalue weighted by Gasteiger charge is 2.23. The molecule has 1 heterocycles. The topological polar surface area (TPSA) is 67.9 Å². The monoisotopic (exact) mass is 368 g/mol. The van der Waals surface area contributed by atoms with Gasteiger partial charge in [0.25, 0.3) is 5.91 Å². The molecule has 0 spiro atoms. The van der Waals surface area contributed by atoms with E-state index in [0.29, 0.717) is 30.0 Å². The molecule has 0 aliphatic carbocycles. The van der Waals surface area contributed by atoms with E-state index in [-0.39, 0.29) is 17.9 Å². The summed E-state index contributed by atoms with van der Waals surface area (Å²) in [6.45, 7) is 2.59. The second kappa shape index (κ2) is 8.12. The van der Waals surface area contributed by atoms with E-state index in [1.807, 2.05) is 31.2 Å². The molecule has 6 heteroatoms. The van der Waals surface area contributed by atoms with Crippen molar-refractivity contribution >= 4 is 17.5 Å². The predicted octanol–water partition coefficient (Wildman–Crippen LogP) is 3.32. The molecule has 1 N–H and O–H groups in total. The third-order valence-electron chi connectivity index (χ3n) is 4.74. The first-order chi connectivity index (χ1) is 13.0. The van der Waals surface area contributed by atoms with Crippen molar-refractivity contribution < 1.29 is 19.1 Å². The van der Waals surface area contributed by atoms with Gasteiger partial charge in [-0.25, -0.2) is 0 Å². The molecule has 142 valence electrons. The Labute approximate surface area is 159 Å². The van der Waals surface area contributed by atoms with Gasteiger partial charge >= 0.3 is 0 Å². The van der Waals surface area contributed by atoms with Gasteiger partial charge in [-0.3, -0.25) is 9.59 Å². The van der Waals surface area contributed by atoms with Gasteiger partial charge < -0.3 is 19.7 Å². The molecule has 2 aromatic rings. The lowest BCUT2D eigenvalue weighted by atomic mass is 10.1. The van der Waals surface area contributed by atoms with Crippen LogP contribution in [0.1, 0.15) is 41.7 Å². The molecule has 27 heavy (non-hydrogen) atoms. The Morgan fingerprint density at radius 3 is 2.63 bits per heavy atom. The number of methoxy groups -OCH3 is 2. The lowest BCUT2D eigenvalue weighted by Gasteiger charge is -2.19.